The van der Waals surface area contributed by atoms with Crippen molar-refractivity contribution in [2.24, 2.45) is 0 Å². The van der Waals surface area contributed by atoms with Crippen molar-refractivity contribution in [2.45, 2.75) is 6.92 Å². The third kappa shape index (κ3) is 3.43. The van der Waals surface area contributed by atoms with Crippen LogP contribution in [0.3, 0.4) is 0 Å². The summed E-state index contributed by atoms with van der Waals surface area (Å²) in [6.45, 7) is 1.24. The van der Waals surface area contributed by atoms with Crippen LogP contribution in [-0.2, 0) is 0 Å². The van der Waals surface area contributed by atoms with Gasteiger partial charge in [-0.25, -0.2) is 4.39 Å². The van der Waals surface area contributed by atoms with Crippen LogP contribution in [-0.4, -0.2) is 10.7 Å². The van der Waals surface area contributed by atoms with Gasteiger partial charge >= 0.3 is 0 Å². The maximum absolute atomic E-state index is 13.2. The zero-order chi connectivity index (χ0) is 15.6. The molecule has 21 heavy (non-hydrogen) atoms. The molecule has 0 aromatic heterocycles. The van der Waals surface area contributed by atoms with Gasteiger partial charge in [-0.1, -0.05) is 0 Å². The summed E-state index contributed by atoms with van der Waals surface area (Å²) in [5.41, 5.74) is -0.363. The third-order valence-electron chi connectivity index (χ3n) is 2.67. The Morgan fingerprint density at radius 1 is 1.29 bits per heavy atom. The summed E-state index contributed by atoms with van der Waals surface area (Å²) in [5, 5.41) is 11.0. The molecule has 0 N–H and O–H groups in total. The Morgan fingerprint density at radius 3 is 2.62 bits per heavy atom. The minimum Gasteiger partial charge on any atom is -0.456 e. The number of hydrogen-bond donors (Lipinski definition) is 0. The summed E-state index contributed by atoms with van der Waals surface area (Å²) in [4.78, 5) is 21.7. The Morgan fingerprint density at radius 2 is 2.00 bits per heavy atom. The van der Waals surface area contributed by atoms with Gasteiger partial charge in [-0.2, -0.15) is 0 Å². The van der Waals surface area contributed by atoms with Crippen LogP contribution in [0.4, 0.5) is 10.1 Å². The van der Waals surface area contributed by atoms with Gasteiger partial charge in [-0.3, -0.25) is 14.9 Å². The van der Waals surface area contributed by atoms with E-state index in [1.165, 1.54) is 31.2 Å². The number of nitro benzene ring substituents is 1. The molecule has 7 heteroatoms. The highest BCUT2D eigenvalue weighted by Gasteiger charge is 2.19. The second-order valence-corrected chi connectivity index (χ2v) is 5.02. The predicted molar refractivity (Wildman–Crippen MR) is 77.3 cm³/mol. The van der Waals surface area contributed by atoms with Crippen molar-refractivity contribution in [3.8, 4) is 11.5 Å². The molecule has 0 amide bonds. The number of carbonyl (C=O) groups is 1. The van der Waals surface area contributed by atoms with Gasteiger partial charge in [0.15, 0.2) is 5.78 Å². The number of nitro groups is 1. The molecule has 0 fully saturated rings. The average molecular weight is 354 g/mol. The molecular weight excluding hydrogens is 345 g/mol. The normalized spacial score (nSPS) is 10.2. The minimum atomic E-state index is -0.662. The van der Waals surface area contributed by atoms with Crippen molar-refractivity contribution in [2.75, 3.05) is 0 Å². The van der Waals surface area contributed by atoms with Gasteiger partial charge in [-0.15, -0.1) is 0 Å². The van der Waals surface area contributed by atoms with E-state index in [4.69, 9.17) is 4.74 Å². The van der Waals surface area contributed by atoms with Crippen molar-refractivity contribution in [3.63, 3.8) is 0 Å². The molecule has 0 aliphatic carbocycles. The summed E-state index contributed by atoms with van der Waals surface area (Å²) < 4.78 is 19.1. The van der Waals surface area contributed by atoms with Crippen LogP contribution in [0.2, 0.25) is 0 Å². The molecule has 0 bridgehead atoms. The summed E-state index contributed by atoms with van der Waals surface area (Å²) in [6.07, 6.45) is 0. The first-order valence-corrected chi connectivity index (χ1v) is 6.60. The fourth-order valence-corrected chi connectivity index (χ4v) is 2.03. The lowest BCUT2D eigenvalue weighted by atomic mass is 10.1. The van der Waals surface area contributed by atoms with Gasteiger partial charge < -0.3 is 4.74 Å². The lowest BCUT2D eigenvalue weighted by Crippen LogP contribution is -2.00. The number of carbonyl (C=O) groups excluding carboxylic acids is 1. The number of Topliss-reactive ketones (excluding diaryl/α,β-unsaturated/α-hetero) is 1. The number of nitrogens with zero attached hydrogens (tertiary/aromatic N) is 1. The first-order valence-electron chi connectivity index (χ1n) is 5.81. The molecule has 0 radical (unpaired) electrons. The van der Waals surface area contributed by atoms with Crippen molar-refractivity contribution in [1.29, 1.82) is 0 Å². The van der Waals surface area contributed by atoms with Crippen LogP contribution in [0.25, 0.3) is 0 Å². The first kappa shape index (κ1) is 15.1. The van der Waals surface area contributed by atoms with Crippen LogP contribution in [0, 0.1) is 15.9 Å². The molecule has 0 saturated heterocycles. The van der Waals surface area contributed by atoms with Gasteiger partial charge in [0.05, 0.1) is 21.0 Å². The van der Waals surface area contributed by atoms with E-state index in [0.717, 1.165) is 12.1 Å². The molecule has 5 nitrogen and oxygen atoms in total. The number of halogens is 2. The highest BCUT2D eigenvalue weighted by Crippen LogP contribution is 2.33. The Hall–Kier alpha value is -2.28. The quantitative estimate of drug-likeness (QED) is 0.461. The fourth-order valence-electron chi connectivity index (χ4n) is 1.71. The molecule has 108 valence electrons. The van der Waals surface area contributed by atoms with Crippen LogP contribution in [0.5, 0.6) is 11.5 Å². The van der Waals surface area contributed by atoms with E-state index in [9.17, 15) is 19.3 Å². The Labute approximate surface area is 127 Å². The monoisotopic (exact) mass is 353 g/mol. The van der Waals surface area contributed by atoms with Crippen LogP contribution in [0.15, 0.2) is 40.9 Å². The summed E-state index contributed by atoms with van der Waals surface area (Å²) >= 11 is 3.19. The summed E-state index contributed by atoms with van der Waals surface area (Å²) in [6, 6.07) is 7.72. The highest BCUT2D eigenvalue weighted by atomic mass is 79.9. The molecule has 0 spiro atoms. The molecule has 0 heterocycles. The number of benzene rings is 2. The van der Waals surface area contributed by atoms with Crippen molar-refractivity contribution in [1.82, 2.24) is 0 Å². The van der Waals surface area contributed by atoms with E-state index in [0.29, 0.717) is 4.47 Å². The van der Waals surface area contributed by atoms with Crippen molar-refractivity contribution < 1.29 is 18.8 Å². The maximum atomic E-state index is 13.2. The van der Waals surface area contributed by atoms with E-state index in [-0.39, 0.29) is 22.7 Å². The molecule has 0 aliphatic rings. The van der Waals surface area contributed by atoms with Gasteiger partial charge in [-0.05, 0) is 47.1 Å². The molecule has 2 aromatic carbocycles. The number of ether oxygens (including phenoxy) is 1. The van der Waals surface area contributed by atoms with E-state index >= 15 is 0 Å². The van der Waals surface area contributed by atoms with Crippen LogP contribution < -0.4 is 4.74 Å². The molecule has 0 unspecified atom stereocenters. The van der Waals surface area contributed by atoms with Gasteiger partial charge in [0.1, 0.15) is 17.3 Å². The molecule has 0 aliphatic heterocycles. The standard InChI is InChI=1S/C14H9BrFNO4/c1-8(18)11-4-3-10(7-13(11)17(19)20)21-14-6-9(16)2-5-12(14)15/h2-7H,1H3. The zero-order valence-corrected chi connectivity index (χ0v) is 12.4. The molecule has 2 aromatic rings. The maximum Gasteiger partial charge on any atom is 0.283 e. The van der Waals surface area contributed by atoms with E-state index < -0.39 is 16.5 Å². The van der Waals surface area contributed by atoms with E-state index in [1.54, 1.807) is 0 Å². The van der Waals surface area contributed by atoms with E-state index in [1.807, 2.05) is 0 Å². The fraction of sp³-hybridized carbons (Fsp3) is 0.0714. The average Bonchev–Trinajstić information content (AvgIpc) is 2.42. The SMILES string of the molecule is CC(=O)c1ccc(Oc2cc(F)ccc2Br)cc1[N+](=O)[O-]. The van der Waals surface area contributed by atoms with Crippen molar-refractivity contribution >= 4 is 27.4 Å². The predicted octanol–water partition coefficient (Wildman–Crippen LogP) is 4.49. The van der Waals surface area contributed by atoms with Gasteiger partial charge in [0.2, 0.25) is 0 Å². The minimum absolute atomic E-state index is 0.00865. The Kier molecular flexibility index (Phi) is 4.32. The van der Waals surface area contributed by atoms with Crippen LogP contribution in [0.1, 0.15) is 17.3 Å². The lowest BCUT2D eigenvalue weighted by Gasteiger charge is -2.08. The number of rotatable bonds is 4. The summed E-state index contributed by atoms with van der Waals surface area (Å²) in [7, 11) is 0. The topological polar surface area (TPSA) is 69.4 Å². The lowest BCUT2D eigenvalue weighted by molar-refractivity contribution is -0.385. The van der Waals surface area contributed by atoms with Gasteiger partial charge in [0, 0.05) is 6.07 Å². The molecule has 0 atom stereocenters. The Bertz CT molecular complexity index is 733. The zero-order valence-electron chi connectivity index (χ0n) is 10.8. The number of ketones is 1. The van der Waals surface area contributed by atoms with Crippen LogP contribution >= 0.6 is 15.9 Å². The van der Waals surface area contributed by atoms with Crippen molar-refractivity contribution in [3.05, 3.63) is 62.4 Å². The Balaban J connectivity index is 2.41. The molecule has 2 rings (SSSR count). The third-order valence-corrected chi connectivity index (χ3v) is 3.32. The second-order valence-electron chi connectivity index (χ2n) is 4.17. The highest BCUT2D eigenvalue weighted by molar-refractivity contribution is 9.10. The molecule has 0 saturated carbocycles. The molecular formula is C14H9BrFNO4. The smallest absolute Gasteiger partial charge is 0.283 e. The largest absolute Gasteiger partial charge is 0.456 e. The van der Waals surface area contributed by atoms with E-state index in [2.05, 4.69) is 15.9 Å². The first-order chi connectivity index (χ1) is 9.88. The number of hydrogen-bond acceptors (Lipinski definition) is 4. The van der Waals surface area contributed by atoms with Gasteiger partial charge in [0.25, 0.3) is 5.69 Å². The summed E-state index contributed by atoms with van der Waals surface area (Å²) in [5.74, 6) is -0.596. The second kappa shape index (κ2) is 6.01.